The SMILES string of the molecule is CC(C)(NC(=O)c1ncc(N2CC(F)(F)C2)cc1-c1cccc(Cl)c1)c1nccs1. The number of hydrogen-bond donors (Lipinski definition) is 1. The molecule has 5 nitrogen and oxygen atoms in total. The van der Waals surface area contributed by atoms with Crippen molar-refractivity contribution in [3.63, 3.8) is 0 Å². The maximum Gasteiger partial charge on any atom is 0.282 e. The van der Waals surface area contributed by atoms with Crippen molar-refractivity contribution >= 4 is 34.5 Å². The van der Waals surface area contributed by atoms with Gasteiger partial charge in [0.1, 0.15) is 10.7 Å². The lowest BCUT2D eigenvalue weighted by Crippen LogP contribution is -2.56. The summed E-state index contributed by atoms with van der Waals surface area (Å²) in [5, 5.41) is 6.08. The zero-order valence-electron chi connectivity index (χ0n) is 16.3. The molecule has 0 saturated carbocycles. The van der Waals surface area contributed by atoms with Gasteiger partial charge in [-0.2, -0.15) is 0 Å². The van der Waals surface area contributed by atoms with Crippen LogP contribution >= 0.6 is 22.9 Å². The van der Waals surface area contributed by atoms with Gasteiger partial charge in [-0.3, -0.25) is 4.79 Å². The van der Waals surface area contributed by atoms with E-state index in [1.807, 2.05) is 19.2 Å². The summed E-state index contributed by atoms with van der Waals surface area (Å²) in [6.07, 6.45) is 3.13. The van der Waals surface area contributed by atoms with E-state index in [0.717, 1.165) is 5.01 Å². The second-order valence-electron chi connectivity index (χ2n) is 7.73. The fourth-order valence-electron chi connectivity index (χ4n) is 3.31. The van der Waals surface area contributed by atoms with E-state index in [-0.39, 0.29) is 24.7 Å². The third kappa shape index (κ3) is 4.15. The van der Waals surface area contributed by atoms with E-state index in [1.54, 1.807) is 36.5 Å². The highest BCUT2D eigenvalue weighted by atomic mass is 35.5. The summed E-state index contributed by atoms with van der Waals surface area (Å²) >= 11 is 7.59. The van der Waals surface area contributed by atoms with Crippen LogP contribution in [0.15, 0.2) is 48.1 Å². The number of carbonyl (C=O) groups excluding carboxylic acids is 1. The summed E-state index contributed by atoms with van der Waals surface area (Å²) in [5.41, 5.74) is 1.24. The molecule has 0 spiro atoms. The summed E-state index contributed by atoms with van der Waals surface area (Å²) < 4.78 is 26.7. The van der Waals surface area contributed by atoms with E-state index in [2.05, 4.69) is 15.3 Å². The first kappa shape index (κ1) is 20.7. The van der Waals surface area contributed by atoms with Gasteiger partial charge in [-0.05, 0) is 37.6 Å². The highest BCUT2D eigenvalue weighted by Crippen LogP contribution is 2.35. The maximum absolute atomic E-state index is 13.3. The van der Waals surface area contributed by atoms with E-state index in [0.29, 0.717) is 21.8 Å². The molecule has 0 bridgehead atoms. The Bertz CT molecular complexity index is 1080. The van der Waals surface area contributed by atoms with Crippen LogP contribution in [-0.2, 0) is 5.54 Å². The van der Waals surface area contributed by atoms with Crippen LogP contribution in [0.2, 0.25) is 5.02 Å². The summed E-state index contributed by atoms with van der Waals surface area (Å²) in [5.74, 6) is -3.09. The molecule has 2 aromatic heterocycles. The molecule has 1 aliphatic heterocycles. The molecule has 1 N–H and O–H groups in total. The Hall–Kier alpha value is -2.58. The van der Waals surface area contributed by atoms with Crippen LogP contribution in [0, 0.1) is 0 Å². The van der Waals surface area contributed by atoms with Crippen molar-refractivity contribution in [2.24, 2.45) is 0 Å². The van der Waals surface area contributed by atoms with Gasteiger partial charge in [-0.15, -0.1) is 11.3 Å². The van der Waals surface area contributed by atoms with Crippen LogP contribution in [0.5, 0.6) is 0 Å². The zero-order chi connectivity index (χ0) is 21.5. The van der Waals surface area contributed by atoms with Crippen molar-refractivity contribution in [3.05, 3.63) is 63.8 Å². The molecule has 1 aromatic carbocycles. The Labute approximate surface area is 181 Å². The molecule has 156 valence electrons. The summed E-state index contributed by atoms with van der Waals surface area (Å²) in [6, 6.07) is 8.72. The molecule has 0 aliphatic carbocycles. The minimum Gasteiger partial charge on any atom is -0.358 e. The van der Waals surface area contributed by atoms with Crippen LogP contribution in [0.1, 0.15) is 29.3 Å². The quantitative estimate of drug-likeness (QED) is 0.598. The fourth-order valence-corrected chi connectivity index (χ4v) is 4.22. The second-order valence-corrected chi connectivity index (χ2v) is 9.06. The molecular formula is C21H19ClF2N4OS. The third-order valence-electron chi connectivity index (χ3n) is 4.83. The molecule has 0 atom stereocenters. The molecule has 9 heteroatoms. The molecule has 1 aliphatic rings. The first-order valence-electron chi connectivity index (χ1n) is 9.26. The molecule has 1 saturated heterocycles. The molecule has 4 rings (SSSR count). The van der Waals surface area contributed by atoms with Gasteiger partial charge in [0.25, 0.3) is 11.8 Å². The molecule has 0 radical (unpaired) electrons. The minimum atomic E-state index is -2.70. The van der Waals surface area contributed by atoms with Crippen LogP contribution in [0.25, 0.3) is 11.1 Å². The Morgan fingerprint density at radius 3 is 2.67 bits per heavy atom. The molecule has 3 aromatic rings. The predicted molar refractivity (Wildman–Crippen MR) is 114 cm³/mol. The third-order valence-corrected chi connectivity index (χ3v) is 6.16. The number of nitrogens with one attached hydrogen (secondary N) is 1. The molecule has 30 heavy (non-hydrogen) atoms. The van der Waals surface area contributed by atoms with Crippen molar-refractivity contribution in [2.45, 2.75) is 25.3 Å². The number of alkyl halides is 2. The van der Waals surface area contributed by atoms with Crippen molar-refractivity contribution in [1.82, 2.24) is 15.3 Å². The van der Waals surface area contributed by atoms with Gasteiger partial charge < -0.3 is 10.2 Å². The number of rotatable bonds is 5. The number of hydrogen-bond acceptors (Lipinski definition) is 5. The topological polar surface area (TPSA) is 58.1 Å². The van der Waals surface area contributed by atoms with Crippen molar-refractivity contribution in [1.29, 1.82) is 0 Å². The summed E-state index contributed by atoms with van der Waals surface area (Å²) in [7, 11) is 0. The average molecular weight is 449 g/mol. The molecule has 1 amide bonds. The second kappa shape index (κ2) is 7.59. The molecular weight excluding hydrogens is 430 g/mol. The number of nitrogens with zero attached hydrogens (tertiary/aromatic N) is 3. The van der Waals surface area contributed by atoms with Gasteiger partial charge in [-0.1, -0.05) is 23.7 Å². The lowest BCUT2D eigenvalue weighted by atomic mass is 10.00. The first-order chi connectivity index (χ1) is 14.1. The van der Waals surface area contributed by atoms with Crippen LogP contribution in [-0.4, -0.2) is 34.9 Å². The predicted octanol–water partition coefficient (Wildman–Crippen LogP) is 4.98. The number of pyridine rings is 1. The first-order valence-corrected chi connectivity index (χ1v) is 10.5. The number of amides is 1. The van der Waals surface area contributed by atoms with Gasteiger partial charge in [0, 0.05) is 22.2 Å². The van der Waals surface area contributed by atoms with Crippen molar-refractivity contribution in [3.8, 4) is 11.1 Å². The maximum atomic E-state index is 13.3. The number of carbonyl (C=O) groups is 1. The van der Waals surface area contributed by atoms with Gasteiger partial charge in [0.2, 0.25) is 0 Å². The number of aromatic nitrogens is 2. The number of benzene rings is 1. The zero-order valence-corrected chi connectivity index (χ0v) is 17.9. The Balaban J connectivity index is 1.70. The van der Waals surface area contributed by atoms with Crippen molar-refractivity contribution < 1.29 is 13.6 Å². The fraction of sp³-hybridized carbons (Fsp3) is 0.286. The Kier molecular flexibility index (Phi) is 5.23. The average Bonchev–Trinajstić information content (AvgIpc) is 3.21. The number of thiazole rings is 1. The van der Waals surface area contributed by atoms with Gasteiger partial charge in [0.05, 0.1) is 30.5 Å². The normalized spacial score (nSPS) is 15.6. The Morgan fingerprint density at radius 1 is 1.27 bits per heavy atom. The van der Waals surface area contributed by atoms with Gasteiger partial charge >= 0.3 is 0 Å². The number of anilines is 1. The van der Waals surface area contributed by atoms with Crippen molar-refractivity contribution in [2.75, 3.05) is 18.0 Å². The molecule has 3 heterocycles. The minimum absolute atomic E-state index is 0.193. The largest absolute Gasteiger partial charge is 0.358 e. The highest BCUT2D eigenvalue weighted by Gasteiger charge is 2.44. The molecule has 1 fully saturated rings. The van der Waals surface area contributed by atoms with E-state index >= 15 is 0 Å². The summed E-state index contributed by atoms with van der Waals surface area (Å²) in [4.78, 5) is 23.3. The van der Waals surface area contributed by atoms with Gasteiger partial charge in [0.15, 0.2) is 0 Å². The monoisotopic (exact) mass is 448 g/mol. The lowest BCUT2D eigenvalue weighted by Gasteiger charge is -2.40. The number of halogens is 3. The summed E-state index contributed by atoms with van der Waals surface area (Å²) in [6.45, 7) is 2.98. The lowest BCUT2D eigenvalue weighted by molar-refractivity contribution is -0.0262. The Morgan fingerprint density at radius 2 is 2.03 bits per heavy atom. The van der Waals surface area contributed by atoms with E-state index in [1.165, 1.54) is 22.4 Å². The van der Waals surface area contributed by atoms with E-state index < -0.39 is 11.5 Å². The van der Waals surface area contributed by atoms with E-state index in [4.69, 9.17) is 11.6 Å². The van der Waals surface area contributed by atoms with E-state index in [9.17, 15) is 13.6 Å². The van der Waals surface area contributed by atoms with Crippen LogP contribution < -0.4 is 10.2 Å². The van der Waals surface area contributed by atoms with Gasteiger partial charge in [-0.25, -0.2) is 18.7 Å². The molecule has 0 unspecified atom stereocenters. The van der Waals surface area contributed by atoms with Crippen LogP contribution in [0.4, 0.5) is 14.5 Å². The van der Waals surface area contributed by atoms with Crippen LogP contribution in [0.3, 0.4) is 0 Å². The smallest absolute Gasteiger partial charge is 0.282 e. The highest BCUT2D eigenvalue weighted by molar-refractivity contribution is 7.09. The standard InChI is InChI=1S/C21H19ClF2N4OS/c1-20(2,19-25-6-7-30-19)27-18(29)17-16(13-4-3-5-14(22)8-13)9-15(10-26-17)28-11-21(23,24)12-28/h3-10H,11-12H2,1-2H3,(H,27,29).